The second-order valence-corrected chi connectivity index (χ2v) is 9.54. The minimum absolute atomic E-state index is 0.0738. The zero-order valence-corrected chi connectivity index (χ0v) is 21.8. The van der Waals surface area contributed by atoms with Crippen LogP contribution in [0.2, 0.25) is 0 Å². The molecule has 0 saturated heterocycles. The van der Waals surface area contributed by atoms with Gasteiger partial charge in [0.1, 0.15) is 30.8 Å². The SMILES string of the molecule is C#CCO[C@@H](O)CCOc1c(C)cc(C(C)(C)c2cc(C)c(OC[C@H](O)CCl)c(C)c2)cc1C. The lowest BCUT2D eigenvalue weighted by atomic mass is 9.76. The normalized spacial score (nSPS) is 13.3. The lowest BCUT2D eigenvalue weighted by Gasteiger charge is -2.29. The average molecular weight is 489 g/mol. The van der Waals surface area contributed by atoms with Crippen molar-refractivity contribution in [3.8, 4) is 23.8 Å². The van der Waals surface area contributed by atoms with E-state index in [2.05, 4.69) is 44.0 Å². The minimum Gasteiger partial charge on any atom is -0.493 e. The van der Waals surface area contributed by atoms with Crippen molar-refractivity contribution in [1.29, 1.82) is 0 Å². The van der Waals surface area contributed by atoms with Gasteiger partial charge in [0, 0.05) is 11.8 Å². The van der Waals surface area contributed by atoms with Crippen molar-refractivity contribution in [2.24, 2.45) is 0 Å². The molecule has 0 spiro atoms. The Hall–Kier alpha value is -2.23. The maximum atomic E-state index is 9.79. The van der Waals surface area contributed by atoms with Crippen LogP contribution in [0.15, 0.2) is 24.3 Å². The molecule has 0 saturated carbocycles. The number of alkyl halides is 1. The second-order valence-electron chi connectivity index (χ2n) is 9.23. The van der Waals surface area contributed by atoms with Crippen molar-refractivity contribution in [1.82, 2.24) is 0 Å². The Balaban J connectivity index is 2.22. The van der Waals surface area contributed by atoms with E-state index < -0.39 is 12.4 Å². The van der Waals surface area contributed by atoms with Crippen LogP contribution in [0.25, 0.3) is 0 Å². The van der Waals surface area contributed by atoms with Crippen LogP contribution in [0.4, 0.5) is 0 Å². The number of halogens is 1. The number of hydrogen-bond donors (Lipinski definition) is 2. The fraction of sp³-hybridized carbons (Fsp3) is 0.500. The third-order valence-electron chi connectivity index (χ3n) is 5.93. The first-order valence-corrected chi connectivity index (χ1v) is 12.0. The van der Waals surface area contributed by atoms with E-state index in [1.54, 1.807) is 0 Å². The van der Waals surface area contributed by atoms with Crippen LogP contribution in [0, 0.1) is 40.0 Å². The van der Waals surface area contributed by atoms with Gasteiger partial charge in [-0.1, -0.05) is 44.0 Å². The van der Waals surface area contributed by atoms with Gasteiger partial charge in [-0.15, -0.1) is 18.0 Å². The molecule has 2 atom stereocenters. The van der Waals surface area contributed by atoms with Crippen LogP contribution >= 0.6 is 11.6 Å². The zero-order valence-electron chi connectivity index (χ0n) is 21.1. The van der Waals surface area contributed by atoms with E-state index in [1.807, 2.05) is 27.7 Å². The maximum Gasteiger partial charge on any atom is 0.159 e. The molecule has 0 fully saturated rings. The number of ether oxygens (including phenoxy) is 3. The summed E-state index contributed by atoms with van der Waals surface area (Å²) in [5, 5.41) is 19.5. The summed E-state index contributed by atoms with van der Waals surface area (Å²) in [4.78, 5) is 0. The van der Waals surface area contributed by atoms with Crippen molar-refractivity contribution in [2.75, 3.05) is 25.7 Å². The molecule has 0 aliphatic heterocycles. The first kappa shape index (κ1) is 28.0. The lowest BCUT2D eigenvalue weighted by Crippen LogP contribution is -2.22. The zero-order chi connectivity index (χ0) is 25.5. The molecule has 186 valence electrons. The van der Waals surface area contributed by atoms with Gasteiger partial charge in [-0.25, -0.2) is 0 Å². The molecular formula is C28H37ClO5. The highest BCUT2D eigenvalue weighted by Crippen LogP contribution is 2.38. The summed E-state index contributed by atoms with van der Waals surface area (Å²) < 4.78 is 16.9. The van der Waals surface area contributed by atoms with Crippen LogP contribution in [0.1, 0.15) is 53.6 Å². The Bertz CT molecular complexity index is 962. The van der Waals surface area contributed by atoms with Crippen LogP contribution in [-0.4, -0.2) is 48.3 Å². The van der Waals surface area contributed by atoms with Crippen LogP contribution < -0.4 is 9.47 Å². The summed E-state index contributed by atoms with van der Waals surface area (Å²) in [7, 11) is 0. The van der Waals surface area contributed by atoms with E-state index in [0.29, 0.717) is 13.0 Å². The topological polar surface area (TPSA) is 68.2 Å². The van der Waals surface area contributed by atoms with E-state index in [1.165, 1.54) is 11.1 Å². The van der Waals surface area contributed by atoms with Crippen molar-refractivity contribution in [2.45, 2.75) is 65.8 Å². The summed E-state index contributed by atoms with van der Waals surface area (Å²) in [6.45, 7) is 13.1. The number of aryl methyl sites for hydroxylation is 4. The molecule has 0 amide bonds. The van der Waals surface area contributed by atoms with Crippen LogP contribution in [0.3, 0.4) is 0 Å². The molecule has 2 aromatic rings. The standard InChI is InChI=1S/C28H37ClO5/c1-8-10-32-25(31)9-11-33-26-18(2)12-22(13-19(26)3)28(6,7)23-14-20(4)27(21(5)15-23)34-17-24(30)16-29/h1,12-15,24-25,30-31H,9-11,16-17H2,2-7H3/t24-,25-/m1/s1. The molecule has 0 unspecified atom stereocenters. The third-order valence-corrected chi connectivity index (χ3v) is 6.29. The monoisotopic (exact) mass is 488 g/mol. The van der Waals surface area contributed by atoms with Gasteiger partial charge in [0.25, 0.3) is 0 Å². The molecule has 0 heterocycles. The second kappa shape index (κ2) is 12.5. The van der Waals surface area contributed by atoms with Gasteiger partial charge in [-0.2, -0.15) is 0 Å². The van der Waals surface area contributed by atoms with E-state index in [9.17, 15) is 10.2 Å². The van der Waals surface area contributed by atoms with Gasteiger partial charge >= 0.3 is 0 Å². The molecule has 34 heavy (non-hydrogen) atoms. The first-order chi connectivity index (χ1) is 16.0. The summed E-state index contributed by atoms with van der Waals surface area (Å²) >= 11 is 5.69. The van der Waals surface area contributed by atoms with Gasteiger partial charge in [-0.3, -0.25) is 0 Å². The highest BCUT2D eigenvalue weighted by molar-refractivity contribution is 6.18. The van der Waals surface area contributed by atoms with Gasteiger partial charge < -0.3 is 24.4 Å². The smallest absolute Gasteiger partial charge is 0.159 e. The van der Waals surface area contributed by atoms with Crippen molar-refractivity contribution < 1.29 is 24.4 Å². The van der Waals surface area contributed by atoms with Crippen molar-refractivity contribution >= 4 is 11.6 Å². The first-order valence-electron chi connectivity index (χ1n) is 11.5. The highest BCUT2D eigenvalue weighted by Gasteiger charge is 2.26. The number of aliphatic hydroxyl groups is 2. The molecule has 6 heteroatoms. The summed E-state index contributed by atoms with van der Waals surface area (Å²) in [5.74, 6) is 4.08. The summed E-state index contributed by atoms with van der Waals surface area (Å²) in [6.07, 6.45) is 3.85. The molecule has 0 aliphatic carbocycles. The Morgan fingerprint density at radius 3 is 1.82 bits per heavy atom. The largest absolute Gasteiger partial charge is 0.493 e. The van der Waals surface area contributed by atoms with E-state index in [-0.39, 0.29) is 24.5 Å². The molecular weight excluding hydrogens is 452 g/mol. The fourth-order valence-electron chi connectivity index (χ4n) is 3.96. The van der Waals surface area contributed by atoms with E-state index >= 15 is 0 Å². The number of hydrogen-bond acceptors (Lipinski definition) is 5. The van der Waals surface area contributed by atoms with Gasteiger partial charge in [0.15, 0.2) is 6.29 Å². The number of rotatable bonds is 12. The molecule has 2 aromatic carbocycles. The van der Waals surface area contributed by atoms with Crippen molar-refractivity contribution in [3.05, 3.63) is 57.6 Å². The van der Waals surface area contributed by atoms with E-state index in [0.717, 1.165) is 33.8 Å². The number of aliphatic hydroxyl groups excluding tert-OH is 2. The quantitative estimate of drug-likeness (QED) is 0.251. The Kier molecular flexibility index (Phi) is 10.3. The average Bonchev–Trinajstić information content (AvgIpc) is 2.78. The van der Waals surface area contributed by atoms with Gasteiger partial charge in [0.2, 0.25) is 0 Å². The Morgan fingerprint density at radius 1 is 0.912 bits per heavy atom. The molecule has 5 nitrogen and oxygen atoms in total. The molecule has 2 rings (SSSR count). The molecule has 2 N–H and O–H groups in total. The molecule has 0 radical (unpaired) electrons. The highest BCUT2D eigenvalue weighted by atomic mass is 35.5. The van der Waals surface area contributed by atoms with Gasteiger partial charge in [0.05, 0.1) is 12.5 Å². The number of terminal acetylenes is 1. The third kappa shape index (κ3) is 7.13. The number of benzene rings is 2. The molecule has 0 aromatic heterocycles. The van der Waals surface area contributed by atoms with Crippen molar-refractivity contribution in [3.63, 3.8) is 0 Å². The Labute approximate surface area is 209 Å². The maximum absolute atomic E-state index is 9.79. The lowest BCUT2D eigenvalue weighted by molar-refractivity contribution is -0.0958. The van der Waals surface area contributed by atoms with E-state index in [4.69, 9.17) is 32.2 Å². The predicted molar refractivity (Wildman–Crippen MR) is 137 cm³/mol. The summed E-state index contributed by atoms with van der Waals surface area (Å²) in [6, 6.07) is 8.59. The minimum atomic E-state index is -0.938. The summed E-state index contributed by atoms with van der Waals surface area (Å²) in [5.41, 5.74) is 6.20. The molecule has 0 bridgehead atoms. The van der Waals surface area contributed by atoms with Gasteiger partial charge in [-0.05, 0) is 61.1 Å². The predicted octanol–water partition coefficient (Wildman–Crippen LogP) is 4.96. The van der Waals surface area contributed by atoms with Crippen LogP contribution in [0.5, 0.6) is 11.5 Å². The fourth-order valence-corrected chi connectivity index (χ4v) is 4.05. The Morgan fingerprint density at radius 2 is 1.38 bits per heavy atom. The molecule has 0 aliphatic rings. The van der Waals surface area contributed by atoms with Crippen LogP contribution in [-0.2, 0) is 10.2 Å².